The van der Waals surface area contributed by atoms with E-state index in [-0.39, 0.29) is 0 Å². The highest BCUT2D eigenvalue weighted by Crippen LogP contribution is 2.44. The van der Waals surface area contributed by atoms with Gasteiger partial charge in [-0.3, -0.25) is 0 Å². The Morgan fingerprint density at radius 3 is 2.00 bits per heavy atom. The van der Waals surface area contributed by atoms with Crippen molar-refractivity contribution >= 4 is 0 Å². The summed E-state index contributed by atoms with van der Waals surface area (Å²) in [6.45, 7) is 10.1. The maximum Gasteiger partial charge on any atom is -0.0313 e. The first-order valence-electron chi connectivity index (χ1n) is 2.88. The average molecular weight is 96.2 g/mol. The fourth-order valence-corrected chi connectivity index (χ4v) is 0.888. The molecule has 1 fully saturated rings. The molecule has 1 atom stereocenters. The third-order valence-corrected chi connectivity index (χ3v) is 2.10. The molecule has 1 saturated carbocycles. The largest absolute Gasteiger partial charge is 0.0596 e. The molecule has 0 aromatic carbocycles. The first-order chi connectivity index (χ1) is 3.13. The first kappa shape index (κ1) is 5.14. The Kier molecular flexibility index (Phi) is 0.911. The summed E-state index contributed by atoms with van der Waals surface area (Å²) in [7, 11) is 0. The Morgan fingerprint density at radius 1 is 1.57 bits per heavy atom. The van der Waals surface area contributed by atoms with Crippen LogP contribution in [0, 0.1) is 18.3 Å². The second-order valence-corrected chi connectivity index (χ2v) is 3.13. The molecule has 0 bridgehead atoms. The van der Waals surface area contributed by atoms with E-state index in [0.717, 1.165) is 0 Å². The normalized spacial score (nSPS) is 37.3. The van der Waals surface area contributed by atoms with Crippen LogP contribution in [0.4, 0.5) is 0 Å². The van der Waals surface area contributed by atoms with Gasteiger partial charge in [0.2, 0.25) is 0 Å². The summed E-state index contributed by atoms with van der Waals surface area (Å²) in [4.78, 5) is 0. The minimum absolute atomic E-state index is 0.458. The smallest absolute Gasteiger partial charge is 0.0313 e. The zero-order valence-electron chi connectivity index (χ0n) is 5.07. The van der Waals surface area contributed by atoms with Gasteiger partial charge >= 0.3 is 0 Å². The standard InChI is InChI=1S/C7H12/c1-6-4-5-7(6,2)3/h1,6H,4-5H2,2-3H3. The van der Waals surface area contributed by atoms with E-state index in [9.17, 15) is 0 Å². The van der Waals surface area contributed by atoms with E-state index < -0.39 is 0 Å². The highest BCUT2D eigenvalue weighted by molar-refractivity contribution is 4.89. The third-order valence-electron chi connectivity index (χ3n) is 2.10. The van der Waals surface area contributed by atoms with Gasteiger partial charge in [-0.05, 0) is 31.1 Å². The van der Waals surface area contributed by atoms with Gasteiger partial charge in [0, 0.05) is 0 Å². The second kappa shape index (κ2) is 1.24. The predicted molar refractivity (Wildman–Crippen MR) is 30.8 cm³/mol. The zero-order chi connectivity index (χ0) is 5.49. The van der Waals surface area contributed by atoms with E-state index in [1.165, 1.54) is 12.8 Å². The number of rotatable bonds is 0. The first-order valence-corrected chi connectivity index (χ1v) is 2.88. The lowest BCUT2D eigenvalue weighted by Gasteiger charge is -2.41. The van der Waals surface area contributed by atoms with Crippen LogP contribution >= 0.6 is 0 Å². The van der Waals surface area contributed by atoms with Crippen molar-refractivity contribution in [1.82, 2.24) is 0 Å². The van der Waals surface area contributed by atoms with Crippen molar-refractivity contribution in [2.24, 2.45) is 11.3 Å². The van der Waals surface area contributed by atoms with Gasteiger partial charge in [0.1, 0.15) is 0 Å². The van der Waals surface area contributed by atoms with E-state index in [1.807, 2.05) is 0 Å². The van der Waals surface area contributed by atoms with Crippen molar-refractivity contribution in [1.29, 1.82) is 0 Å². The molecule has 0 aromatic rings. The molecule has 1 aliphatic carbocycles. The minimum atomic E-state index is 0.458. The Balaban J connectivity index is 2.43. The summed E-state index contributed by atoms with van der Waals surface area (Å²) < 4.78 is 0. The number of hydrogen-bond acceptors (Lipinski definition) is 0. The summed E-state index contributed by atoms with van der Waals surface area (Å²) >= 11 is 0. The van der Waals surface area contributed by atoms with E-state index in [1.54, 1.807) is 0 Å². The Morgan fingerprint density at radius 2 is 2.00 bits per heavy atom. The van der Waals surface area contributed by atoms with Crippen molar-refractivity contribution in [3.05, 3.63) is 6.92 Å². The highest BCUT2D eigenvalue weighted by Gasteiger charge is 2.34. The Hall–Kier alpha value is 0. The molecule has 40 valence electrons. The molecule has 7 heavy (non-hydrogen) atoms. The Labute approximate surface area is 45.9 Å². The van der Waals surface area contributed by atoms with Gasteiger partial charge < -0.3 is 0 Å². The molecular formula is C7H12. The lowest BCUT2D eigenvalue weighted by molar-refractivity contribution is 0.112. The molecule has 1 unspecified atom stereocenters. The van der Waals surface area contributed by atoms with Crippen LogP contribution in [0.3, 0.4) is 0 Å². The molecule has 0 aliphatic heterocycles. The summed E-state index contributed by atoms with van der Waals surface area (Å²) in [6, 6.07) is 0. The molecule has 0 nitrogen and oxygen atoms in total. The van der Waals surface area contributed by atoms with E-state index in [4.69, 9.17) is 6.92 Å². The molecule has 0 saturated heterocycles. The summed E-state index contributed by atoms with van der Waals surface area (Å²) in [5, 5.41) is 0. The van der Waals surface area contributed by atoms with Crippen molar-refractivity contribution in [3.63, 3.8) is 0 Å². The molecule has 2 radical (unpaired) electrons. The molecule has 1 rings (SSSR count). The average Bonchev–Trinajstić information content (AvgIpc) is 1.63. The van der Waals surface area contributed by atoms with Crippen molar-refractivity contribution < 1.29 is 0 Å². The molecular weight excluding hydrogens is 84.1 g/mol. The van der Waals surface area contributed by atoms with Gasteiger partial charge in [0.25, 0.3) is 0 Å². The minimum Gasteiger partial charge on any atom is -0.0596 e. The lowest BCUT2D eigenvalue weighted by Crippen LogP contribution is -2.31. The highest BCUT2D eigenvalue weighted by atomic mass is 14.4. The van der Waals surface area contributed by atoms with Crippen LogP contribution in [0.25, 0.3) is 0 Å². The van der Waals surface area contributed by atoms with Crippen LogP contribution in [0.15, 0.2) is 0 Å². The van der Waals surface area contributed by atoms with Crippen LogP contribution in [0.2, 0.25) is 0 Å². The maximum atomic E-state index is 5.66. The van der Waals surface area contributed by atoms with Crippen LogP contribution in [0.1, 0.15) is 26.7 Å². The van der Waals surface area contributed by atoms with E-state index in [0.29, 0.717) is 11.3 Å². The quantitative estimate of drug-likeness (QED) is 0.433. The van der Waals surface area contributed by atoms with Gasteiger partial charge in [-0.2, -0.15) is 0 Å². The fraction of sp³-hybridized carbons (Fsp3) is 0.857. The van der Waals surface area contributed by atoms with Crippen molar-refractivity contribution in [2.75, 3.05) is 0 Å². The summed E-state index contributed by atoms with van der Waals surface area (Å²) in [5.41, 5.74) is 0.458. The number of hydrogen-bond donors (Lipinski definition) is 0. The topological polar surface area (TPSA) is 0 Å². The molecule has 0 spiro atoms. The lowest BCUT2D eigenvalue weighted by atomic mass is 9.64. The molecule has 0 N–H and O–H groups in total. The SMILES string of the molecule is [CH]C1CCC1(C)C. The van der Waals surface area contributed by atoms with Gasteiger partial charge in [-0.1, -0.05) is 13.8 Å². The predicted octanol–water partition coefficient (Wildman–Crippen LogP) is 2.13. The van der Waals surface area contributed by atoms with E-state index in [2.05, 4.69) is 13.8 Å². The third kappa shape index (κ3) is 0.667. The van der Waals surface area contributed by atoms with Crippen molar-refractivity contribution in [3.8, 4) is 0 Å². The summed E-state index contributed by atoms with van der Waals surface area (Å²) in [6.07, 6.45) is 2.54. The molecule has 0 amide bonds. The monoisotopic (exact) mass is 96.1 g/mol. The van der Waals surface area contributed by atoms with Gasteiger partial charge in [-0.25, -0.2) is 0 Å². The molecule has 0 heterocycles. The van der Waals surface area contributed by atoms with E-state index >= 15 is 0 Å². The molecule has 0 aromatic heterocycles. The van der Waals surface area contributed by atoms with Crippen LogP contribution in [0.5, 0.6) is 0 Å². The molecule has 1 aliphatic rings. The molecule has 0 heteroatoms. The summed E-state index contributed by atoms with van der Waals surface area (Å²) in [5.74, 6) is 0.479. The Bertz CT molecular complexity index is 72.1. The second-order valence-electron chi connectivity index (χ2n) is 3.13. The fourth-order valence-electron chi connectivity index (χ4n) is 0.888. The maximum absolute atomic E-state index is 5.66. The van der Waals surface area contributed by atoms with Gasteiger partial charge in [-0.15, -0.1) is 0 Å². The van der Waals surface area contributed by atoms with Crippen molar-refractivity contribution in [2.45, 2.75) is 26.7 Å². The van der Waals surface area contributed by atoms with Gasteiger partial charge in [0.15, 0.2) is 0 Å². The van der Waals surface area contributed by atoms with Crippen LogP contribution in [-0.2, 0) is 0 Å². The zero-order valence-corrected chi connectivity index (χ0v) is 5.07. The van der Waals surface area contributed by atoms with Crippen LogP contribution < -0.4 is 0 Å². The van der Waals surface area contributed by atoms with Crippen LogP contribution in [-0.4, -0.2) is 0 Å². The van der Waals surface area contributed by atoms with Gasteiger partial charge in [0.05, 0.1) is 0 Å².